The van der Waals surface area contributed by atoms with Gasteiger partial charge in [0.1, 0.15) is 5.03 Å². The van der Waals surface area contributed by atoms with E-state index in [1.165, 1.54) is 0 Å². The molecule has 64 valence electrons. The van der Waals surface area contributed by atoms with Gasteiger partial charge in [0.05, 0.1) is 11.6 Å². The summed E-state index contributed by atoms with van der Waals surface area (Å²) in [6.07, 6.45) is 0. The first kappa shape index (κ1) is 11.4. The molecule has 0 unspecified atom stereocenters. The number of hydrogen-bond donors (Lipinski definition) is 0. The van der Waals surface area contributed by atoms with Crippen LogP contribution in [0.1, 0.15) is 6.92 Å². The van der Waals surface area contributed by atoms with Gasteiger partial charge in [0.25, 0.3) is 0 Å². The van der Waals surface area contributed by atoms with Crippen LogP contribution >= 0.6 is 46.4 Å². The second kappa shape index (κ2) is 6.01. The first-order chi connectivity index (χ1) is 5.13. The summed E-state index contributed by atoms with van der Waals surface area (Å²) in [5.74, 6) is 0. The minimum Gasteiger partial charge on any atom is -0.482 e. The molecule has 0 aliphatic heterocycles. The summed E-state index contributed by atoms with van der Waals surface area (Å²) in [6, 6.07) is 0. The second-order valence-electron chi connectivity index (χ2n) is 1.48. The largest absolute Gasteiger partial charge is 0.482 e. The van der Waals surface area contributed by atoms with Crippen molar-refractivity contribution in [3.63, 3.8) is 0 Å². The van der Waals surface area contributed by atoms with Gasteiger partial charge in [-0.15, -0.1) is 0 Å². The zero-order chi connectivity index (χ0) is 8.85. The van der Waals surface area contributed by atoms with E-state index in [2.05, 4.69) is 0 Å². The molecule has 1 nitrogen and oxygen atoms in total. The molecule has 0 amide bonds. The first-order valence-corrected chi connectivity index (χ1v) is 4.34. The van der Waals surface area contributed by atoms with Crippen LogP contribution < -0.4 is 0 Å². The van der Waals surface area contributed by atoms with E-state index < -0.39 is 0 Å². The van der Waals surface area contributed by atoms with Crippen LogP contribution in [-0.4, -0.2) is 6.61 Å². The van der Waals surface area contributed by atoms with Gasteiger partial charge in [0.15, 0.2) is 0 Å². The highest BCUT2D eigenvalue weighted by Gasteiger charge is 2.05. The van der Waals surface area contributed by atoms with Gasteiger partial charge in [-0.1, -0.05) is 34.8 Å². The second-order valence-corrected chi connectivity index (χ2v) is 2.82. The van der Waals surface area contributed by atoms with Crippen LogP contribution in [0.4, 0.5) is 0 Å². The first-order valence-electron chi connectivity index (χ1n) is 2.77. The van der Waals surface area contributed by atoms with Crippen molar-refractivity contribution in [1.29, 1.82) is 0 Å². The molecule has 0 bridgehead atoms. The SMILES string of the molecule is CCO/C(Cl)=C(Cl)\C(Cl)=C\Cl. The fourth-order valence-electron chi connectivity index (χ4n) is 0.332. The maximum absolute atomic E-state index is 5.60. The van der Waals surface area contributed by atoms with Crippen LogP contribution in [0.25, 0.3) is 0 Å². The molecule has 0 saturated heterocycles. The van der Waals surface area contributed by atoms with Crippen LogP contribution in [0, 0.1) is 0 Å². The zero-order valence-electron chi connectivity index (χ0n) is 5.70. The monoisotopic (exact) mass is 234 g/mol. The van der Waals surface area contributed by atoms with Gasteiger partial charge in [0, 0.05) is 5.54 Å². The molecule has 11 heavy (non-hydrogen) atoms. The highest BCUT2D eigenvalue weighted by molar-refractivity contribution is 6.49. The van der Waals surface area contributed by atoms with E-state index in [-0.39, 0.29) is 15.3 Å². The van der Waals surface area contributed by atoms with Gasteiger partial charge < -0.3 is 4.74 Å². The lowest BCUT2D eigenvalue weighted by molar-refractivity contribution is 0.254. The van der Waals surface area contributed by atoms with Crippen molar-refractivity contribution < 1.29 is 4.74 Å². The Hall–Kier alpha value is 0.440. The Morgan fingerprint density at radius 3 is 2.27 bits per heavy atom. The van der Waals surface area contributed by atoms with E-state index in [0.29, 0.717) is 6.61 Å². The van der Waals surface area contributed by atoms with Crippen LogP contribution in [0.5, 0.6) is 0 Å². The summed E-state index contributed by atoms with van der Waals surface area (Å²) in [7, 11) is 0. The van der Waals surface area contributed by atoms with Gasteiger partial charge in [-0.2, -0.15) is 0 Å². The molecule has 0 spiro atoms. The summed E-state index contributed by atoms with van der Waals surface area (Å²) in [5, 5.41) is 0.327. The van der Waals surface area contributed by atoms with E-state index in [4.69, 9.17) is 51.1 Å². The highest BCUT2D eigenvalue weighted by Crippen LogP contribution is 2.26. The van der Waals surface area contributed by atoms with Gasteiger partial charge >= 0.3 is 0 Å². The number of hydrogen-bond acceptors (Lipinski definition) is 1. The lowest BCUT2D eigenvalue weighted by Crippen LogP contribution is -1.87. The fraction of sp³-hybridized carbons (Fsp3) is 0.333. The normalized spacial score (nSPS) is 14.5. The summed E-state index contributed by atoms with van der Waals surface area (Å²) in [4.78, 5) is 0. The molecule has 0 N–H and O–H groups in total. The van der Waals surface area contributed by atoms with Crippen molar-refractivity contribution in [2.45, 2.75) is 6.92 Å². The average Bonchev–Trinajstić information content (AvgIpc) is 2.02. The van der Waals surface area contributed by atoms with Crippen LogP contribution in [-0.2, 0) is 4.74 Å². The standard InChI is InChI=1S/C6H6Cl4O/c1-2-11-6(10)5(9)4(8)3-7/h3H,2H2,1H3/b4-3-,6-5+. The van der Waals surface area contributed by atoms with Crippen LogP contribution in [0.3, 0.4) is 0 Å². The van der Waals surface area contributed by atoms with Crippen molar-refractivity contribution in [3.8, 4) is 0 Å². The van der Waals surface area contributed by atoms with E-state index in [9.17, 15) is 0 Å². The average molecular weight is 236 g/mol. The molecule has 0 aliphatic rings. The minimum absolute atomic E-state index is 0.0519. The zero-order valence-corrected chi connectivity index (χ0v) is 8.73. The lowest BCUT2D eigenvalue weighted by Gasteiger charge is -2.01. The molecule has 0 saturated carbocycles. The van der Waals surface area contributed by atoms with Gasteiger partial charge in [-0.25, -0.2) is 0 Å². The third kappa shape index (κ3) is 4.12. The highest BCUT2D eigenvalue weighted by atomic mass is 35.5. The van der Waals surface area contributed by atoms with Crippen molar-refractivity contribution in [3.05, 3.63) is 20.8 Å². The minimum atomic E-state index is 0.0519. The van der Waals surface area contributed by atoms with Gasteiger partial charge in [-0.05, 0) is 18.5 Å². The molecule has 0 atom stereocenters. The van der Waals surface area contributed by atoms with E-state index in [0.717, 1.165) is 5.54 Å². The third-order valence-electron chi connectivity index (χ3n) is 0.749. The quantitative estimate of drug-likeness (QED) is 0.531. The molecule has 0 rings (SSSR count). The van der Waals surface area contributed by atoms with E-state index in [1.54, 1.807) is 6.92 Å². The predicted molar refractivity (Wildman–Crippen MR) is 50.1 cm³/mol. The summed E-state index contributed by atoms with van der Waals surface area (Å²) in [5.41, 5.74) is 1.12. The molecule has 0 fully saturated rings. The fourth-order valence-corrected chi connectivity index (χ4v) is 0.951. The maximum Gasteiger partial charge on any atom is 0.207 e. The predicted octanol–water partition coefficient (Wildman–Crippen LogP) is 3.99. The van der Waals surface area contributed by atoms with Crippen LogP contribution in [0.2, 0.25) is 0 Å². The Bertz CT molecular complexity index is 185. The van der Waals surface area contributed by atoms with E-state index >= 15 is 0 Å². The Morgan fingerprint density at radius 1 is 1.36 bits per heavy atom. The Balaban J connectivity index is 4.39. The summed E-state index contributed by atoms with van der Waals surface area (Å²) < 4.78 is 4.86. The Labute approximate surface area is 85.5 Å². The molecule has 0 aromatic carbocycles. The topological polar surface area (TPSA) is 9.23 Å². The lowest BCUT2D eigenvalue weighted by atomic mass is 10.6. The van der Waals surface area contributed by atoms with Crippen molar-refractivity contribution in [1.82, 2.24) is 0 Å². The van der Waals surface area contributed by atoms with E-state index in [1.807, 2.05) is 0 Å². The molecular formula is C6H6Cl4O. The number of ether oxygens (including phenoxy) is 1. The Morgan fingerprint density at radius 2 is 1.91 bits per heavy atom. The molecule has 0 heterocycles. The molecule has 5 heteroatoms. The third-order valence-corrected chi connectivity index (χ3v) is 2.24. The maximum atomic E-state index is 5.60. The van der Waals surface area contributed by atoms with Crippen molar-refractivity contribution in [2.24, 2.45) is 0 Å². The molecular weight excluding hydrogens is 230 g/mol. The van der Waals surface area contributed by atoms with Gasteiger partial charge in [-0.3, -0.25) is 0 Å². The molecule has 0 aliphatic carbocycles. The summed E-state index contributed by atoms with van der Waals surface area (Å²) >= 11 is 21.9. The number of rotatable bonds is 3. The van der Waals surface area contributed by atoms with Gasteiger partial charge in [0.2, 0.25) is 5.22 Å². The molecule has 0 aromatic rings. The van der Waals surface area contributed by atoms with Crippen LogP contribution in [0.15, 0.2) is 20.8 Å². The van der Waals surface area contributed by atoms with Crippen molar-refractivity contribution in [2.75, 3.05) is 6.61 Å². The number of halogens is 4. The summed E-state index contributed by atoms with van der Waals surface area (Å²) in [6.45, 7) is 2.21. The Kier molecular flexibility index (Phi) is 6.25. The number of allylic oxidation sites excluding steroid dienone is 2. The molecule has 0 aromatic heterocycles. The molecule has 0 radical (unpaired) electrons. The smallest absolute Gasteiger partial charge is 0.207 e. The van der Waals surface area contributed by atoms with Crippen molar-refractivity contribution >= 4 is 46.4 Å².